The Morgan fingerprint density at radius 1 is 0.615 bits per heavy atom. The van der Waals surface area contributed by atoms with Gasteiger partial charge in [-0.3, -0.25) is 9.59 Å². The first kappa shape index (κ1) is 31.0. The third-order valence-corrected chi connectivity index (χ3v) is 4.99. The topological polar surface area (TPSA) is 74.6 Å². The minimum absolute atomic E-state index is 0. The summed E-state index contributed by atoms with van der Waals surface area (Å²) in [6.45, 7) is 4.58. The summed E-state index contributed by atoms with van der Waals surface area (Å²) in [6, 6.07) is 0. The predicted molar refractivity (Wildman–Crippen MR) is 116 cm³/mol. The molecule has 0 unspecified atom stereocenters. The van der Waals surface area contributed by atoms with Crippen LogP contribution in [0, 0.1) is 0 Å². The van der Waals surface area contributed by atoms with Crippen LogP contribution in [0.25, 0.3) is 0 Å². The van der Waals surface area contributed by atoms with E-state index in [9.17, 15) is 9.59 Å². The molecule has 4 nitrogen and oxygen atoms in total. The summed E-state index contributed by atoms with van der Waals surface area (Å²) in [5.74, 6) is 0.655. The van der Waals surface area contributed by atoms with Crippen LogP contribution in [0.15, 0.2) is 0 Å². The second-order valence-corrected chi connectivity index (χ2v) is 7.66. The monoisotopic (exact) mass is 400 g/mol. The van der Waals surface area contributed by atoms with Gasteiger partial charge in [-0.15, -0.1) is 0 Å². The van der Waals surface area contributed by atoms with Crippen molar-refractivity contribution < 1.29 is 19.8 Å². The predicted octanol–water partition coefficient (Wildman–Crippen LogP) is 5.73. The summed E-state index contributed by atoms with van der Waals surface area (Å²) in [5.41, 5.74) is 0. The molecule has 0 saturated carbocycles. The standard InChI is InChI=1S/C16H34S.C4H6O4.Na.H/c1-3-5-7-9-11-13-15-17-16-14-12-10-8-6-4-2;5-3(6)1-2-4(7)8;;/h3-16H2,1-2H3;1-2H2,(H,5,6)(H,7,8);;. The molecule has 0 aromatic carbocycles. The Hall–Kier alpha value is 0.290. The van der Waals surface area contributed by atoms with Crippen LogP contribution in [0.5, 0.6) is 0 Å². The van der Waals surface area contributed by atoms with Gasteiger partial charge in [0, 0.05) is 0 Å². The molecule has 0 aromatic heterocycles. The van der Waals surface area contributed by atoms with Gasteiger partial charge in [0.15, 0.2) is 0 Å². The van der Waals surface area contributed by atoms with Gasteiger partial charge >= 0.3 is 41.5 Å². The third-order valence-electron chi connectivity index (χ3n) is 3.84. The van der Waals surface area contributed by atoms with Gasteiger partial charge in [0.05, 0.1) is 12.8 Å². The van der Waals surface area contributed by atoms with E-state index in [0.717, 1.165) is 0 Å². The number of hydrogen-bond donors (Lipinski definition) is 2. The maximum absolute atomic E-state index is 9.64. The van der Waals surface area contributed by atoms with Crippen molar-refractivity contribution in [2.45, 2.75) is 104 Å². The van der Waals surface area contributed by atoms with E-state index in [1.54, 1.807) is 0 Å². The molecule has 2 N–H and O–H groups in total. The van der Waals surface area contributed by atoms with Gasteiger partial charge in [-0.1, -0.05) is 78.1 Å². The fourth-order valence-electron chi connectivity index (χ4n) is 2.28. The first-order valence-electron chi connectivity index (χ1n) is 10.1. The van der Waals surface area contributed by atoms with E-state index in [-0.39, 0.29) is 42.4 Å². The first-order valence-corrected chi connectivity index (χ1v) is 11.2. The summed E-state index contributed by atoms with van der Waals surface area (Å²) >= 11 is 2.18. The summed E-state index contributed by atoms with van der Waals surface area (Å²) in [5, 5.41) is 15.8. The van der Waals surface area contributed by atoms with Gasteiger partial charge in [-0.25, -0.2) is 0 Å². The van der Waals surface area contributed by atoms with E-state index < -0.39 is 11.9 Å². The summed E-state index contributed by atoms with van der Waals surface area (Å²) in [7, 11) is 0. The van der Waals surface area contributed by atoms with Crippen molar-refractivity contribution in [1.29, 1.82) is 0 Å². The van der Waals surface area contributed by atoms with Crippen LogP contribution in [-0.4, -0.2) is 63.2 Å². The molecule has 0 aromatic rings. The summed E-state index contributed by atoms with van der Waals surface area (Å²) in [4.78, 5) is 19.3. The molecule has 6 heteroatoms. The van der Waals surface area contributed by atoms with Crippen molar-refractivity contribution in [3.8, 4) is 0 Å². The molecule has 0 amide bonds. The normalized spacial score (nSPS) is 9.77. The molecule has 0 spiro atoms. The van der Waals surface area contributed by atoms with Gasteiger partial charge in [-0.2, -0.15) is 11.8 Å². The zero-order valence-electron chi connectivity index (χ0n) is 16.4. The van der Waals surface area contributed by atoms with Gasteiger partial charge in [0.2, 0.25) is 0 Å². The fourth-order valence-corrected chi connectivity index (χ4v) is 3.31. The van der Waals surface area contributed by atoms with Crippen molar-refractivity contribution in [2.75, 3.05) is 11.5 Å². The van der Waals surface area contributed by atoms with Gasteiger partial charge in [0.1, 0.15) is 0 Å². The SMILES string of the molecule is CCCCCCCCSCCCCCCCC.O=C(O)CCC(=O)O.[NaH]. The van der Waals surface area contributed by atoms with Crippen LogP contribution in [0.2, 0.25) is 0 Å². The van der Waals surface area contributed by atoms with Crippen LogP contribution in [0.4, 0.5) is 0 Å². The van der Waals surface area contributed by atoms with Crippen molar-refractivity contribution in [1.82, 2.24) is 0 Å². The summed E-state index contributed by atoms with van der Waals surface area (Å²) in [6.07, 6.45) is 16.7. The number of aliphatic carboxylic acids is 2. The Morgan fingerprint density at radius 2 is 0.923 bits per heavy atom. The van der Waals surface area contributed by atoms with E-state index in [1.807, 2.05) is 0 Å². The third kappa shape index (κ3) is 35.4. The van der Waals surface area contributed by atoms with Crippen molar-refractivity contribution >= 4 is 53.3 Å². The average Bonchev–Trinajstić information content (AvgIpc) is 2.58. The molecule has 0 rings (SSSR count). The summed E-state index contributed by atoms with van der Waals surface area (Å²) < 4.78 is 0. The van der Waals surface area contributed by atoms with E-state index >= 15 is 0 Å². The second kappa shape index (κ2) is 27.5. The quantitative estimate of drug-likeness (QED) is 0.241. The Kier molecular flexibility index (Phi) is 32.8. The number of carboxylic acid groups (broad SMARTS) is 2. The number of carboxylic acids is 2. The average molecular weight is 401 g/mol. The van der Waals surface area contributed by atoms with Gasteiger partial charge in [-0.05, 0) is 24.3 Å². The number of carbonyl (C=O) groups is 2. The number of hydrogen-bond acceptors (Lipinski definition) is 3. The molecule has 0 atom stereocenters. The number of rotatable bonds is 17. The molecule has 0 aliphatic carbocycles. The van der Waals surface area contributed by atoms with Crippen LogP contribution in [0.1, 0.15) is 104 Å². The molecular weight excluding hydrogens is 359 g/mol. The molecule has 26 heavy (non-hydrogen) atoms. The Morgan fingerprint density at radius 3 is 1.23 bits per heavy atom. The molecule has 0 heterocycles. The van der Waals surface area contributed by atoms with Crippen molar-refractivity contribution in [3.05, 3.63) is 0 Å². The molecule has 0 aliphatic heterocycles. The maximum atomic E-state index is 9.64. The van der Waals surface area contributed by atoms with Gasteiger partial charge in [0.25, 0.3) is 0 Å². The molecule has 0 fully saturated rings. The van der Waals surface area contributed by atoms with Crippen LogP contribution in [-0.2, 0) is 9.59 Å². The van der Waals surface area contributed by atoms with Crippen LogP contribution in [0.3, 0.4) is 0 Å². The molecule has 0 aliphatic rings. The molecular formula is C20H41NaO4S. The zero-order chi connectivity index (χ0) is 19.2. The van der Waals surface area contributed by atoms with Crippen molar-refractivity contribution in [2.24, 2.45) is 0 Å². The first-order chi connectivity index (χ1) is 12.0. The fraction of sp³-hybridized carbons (Fsp3) is 0.900. The van der Waals surface area contributed by atoms with Crippen molar-refractivity contribution in [3.63, 3.8) is 0 Å². The van der Waals surface area contributed by atoms with E-state index in [0.29, 0.717) is 0 Å². The minimum atomic E-state index is -1.08. The Labute approximate surface area is 187 Å². The second-order valence-electron chi connectivity index (χ2n) is 6.44. The number of thioether (sulfide) groups is 1. The molecule has 0 radical (unpaired) electrons. The van der Waals surface area contributed by atoms with Gasteiger partial charge < -0.3 is 10.2 Å². The molecule has 0 bridgehead atoms. The molecule has 0 saturated heterocycles. The Balaban J connectivity index is -0.000000498. The zero-order valence-corrected chi connectivity index (χ0v) is 17.2. The van der Waals surface area contributed by atoms with Crippen LogP contribution >= 0.6 is 11.8 Å². The molecule has 152 valence electrons. The van der Waals surface area contributed by atoms with E-state index in [4.69, 9.17) is 10.2 Å². The van der Waals surface area contributed by atoms with Crippen LogP contribution < -0.4 is 0 Å². The van der Waals surface area contributed by atoms with E-state index in [1.165, 1.54) is 88.6 Å². The number of unbranched alkanes of at least 4 members (excludes halogenated alkanes) is 10. The van der Waals surface area contributed by atoms with E-state index in [2.05, 4.69) is 25.6 Å². The Bertz CT molecular complexity index is 274.